The molecule has 1 aliphatic rings. The van der Waals surface area contributed by atoms with Gasteiger partial charge in [0.25, 0.3) is 0 Å². The van der Waals surface area contributed by atoms with E-state index in [1.54, 1.807) is 0 Å². The van der Waals surface area contributed by atoms with Crippen molar-refractivity contribution in [3.8, 4) is 0 Å². The summed E-state index contributed by atoms with van der Waals surface area (Å²) in [5.41, 5.74) is 10.1. The highest BCUT2D eigenvalue weighted by atomic mass is 35.7. The Morgan fingerprint density at radius 1 is 0.853 bits per heavy atom. The third kappa shape index (κ3) is 6.35. The fraction of sp³-hybridized carbons (Fsp3) is 0.208. The average Bonchev–Trinajstić information content (AvgIpc) is 3.26. The number of anilines is 1. The van der Waals surface area contributed by atoms with Gasteiger partial charge in [-0.15, -0.1) is 10.2 Å². The van der Waals surface area contributed by atoms with Gasteiger partial charge in [0.05, 0.1) is 11.7 Å². The van der Waals surface area contributed by atoms with Crippen molar-refractivity contribution in [1.82, 2.24) is 8.75 Å². The molecule has 1 aliphatic carbocycles. The number of allylic oxidation sites excluding steroid dienone is 5. The summed E-state index contributed by atoms with van der Waals surface area (Å²) in [4.78, 5) is 2.11. The SMILES string of the molecule is Cc1ccc(C(=C2C=CC(=[N+](C)C)C=C2)c2ccc(N(C)C)cc2)c2nsnc12.[O-][Cl+3]([O-])([O-])[O-]. The van der Waals surface area contributed by atoms with Crippen LogP contribution in [0.4, 0.5) is 5.69 Å². The van der Waals surface area contributed by atoms with E-state index in [1.165, 1.54) is 39.8 Å². The van der Waals surface area contributed by atoms with Gasteiger partial charge in [0, 0.05) is 37.5 Å². The molecule has 0 bridgehead atoms. The highest BCUT2D eigenvalue weighted by Gasteiger charge is 2.18. The molecule has 0 saturated carbocycles. The Balaban J connectivity index is 0.000000588. The minimum atomic E-state index is -4.94. The second-order valence-corrected chi connectivity index (χ2v) is 9.31. The zero-order valence-electron chi connectivity index (χ0n) is 19.5. The Bertz CT molecular complexity index is 1270. The van der Waals surface area contributed by atoms with Crippen molar-refractivity contribution in [2.24, 2.45) is 0 Å². The Morgan fingerprint density at radius 2 is 1.41 bits per heavy atom. The largest absolute Gasteiger partial charge is 0.378 e. The number of benzene rings is 2. The number of aryl methyl sites for hydroxylation is 1. The van der Waals surface area contributed by atoms with Crippen LogP contribution in [0.5, 0.6) is 0 Å². The van der Waals surface area contributed by atoms with Crippen LogP contribution < -0.4 is 23.5 Å². The topological polar surface area (TPSA) is 124 Å². The molecule has 8 nitrogen and oxygen atoms in total. The van der Waals surface area contributed by atoms with E-state index in [9.17, 15) is 0 Å². The molecule has 0 amide bonds. The first-order valence-corrected chi connectivity index (χ1v) is 12.2. The standard InChI is InChI=1S/C24H25N4S.ClHO4/c1-16-6-15-21(24-23(16)25-29-26-24)22(17-7-11-19(12-8-17)27(2)3)18-9-13-20(14-10-18)28(4)5;2-1(3,4)5/h6-15H,1-5H3;(H,2,3,4,5)/q+1;/p-1. The molecule has 0 unspecified atom stereocenters. The number of nitrogens with zero attached hydrogens (tertiary/aromatic N) is 4. The molecule has 178 valence electrons. The molecule has 0 aliphatic heterocycles. The molecule has 0 saturated heterocycles. The number of halogens is 1. The molecule has 3 aromatic rings. The molecule has 0 spiro atoms. The zero-order valence-corrected chi connectivity index (χ0v) is 21.1. The Labute approximate surface area is 204 Å². The van der Waals surface area contributed by atoms with Crippen molar-refractivity contribution in [1.29, 1.82) is 0 Å². The molecule has 0 N–H and O–H groups in total. The van der Waals surface area contributed by atoms with Crippen LogP contribution in [0.25, 0.3) is 16.6 Å². The van der Waals surface area contributed by atoms with Gasteiger partial charge < -0.3 is 4.90 Å². The third-order valence-corrected chi connectivity index (χ3v) is 5.76. The van der Waals surface area contributed by atoms with Gasteiger partial charge in [-0.25, -0.2) is 23.2 Å². The van der Waals surface area contributed by atoms with Gasteiger partial charge in [0.15, 0.2) is 5.71 Å². The van der Waals surface area contributed by atoms with Crippen LogP contribution in [-0.4, -0.2) is 47.2 Å². The summed E-state index contributed by atoms with van der Waals surface area (Å²) < 4.78 is 45.3. The number of fused-ring (bicyclic) bond motifs is 1. The van der Waals surface area contributed by atoms with Crippen LogP contribution in [0, 0.1) is 17.2 Å². The minimum absolute atomic E-state index is 0.971. The minimum Gasteiger partial charge on any atom is -0.378 e. The van der Waals surface area contributed by atoms with Crippen LogP contribution in [0.2, 0.25) is 0 Å². The summed E-state index contributed by atoms with van der Waals surface area (Å²) in [5, 5.41) is 0. The zero-order chi connectivity index (χ0) is 25.0. The van der Waals surface area contributed by atoms with Crippen molar-refractivity contribution in [2.75, 3.05) is 33.1 Å². The van der Waals surface area contributed by atoms with Gasteiger partial charge in [-0.3, -0.25) is 0 Å². The molecular weight excluding hydrogens is 476 g/mol. The average molecular weight is 501 g/mol. The summed E-state index contributed by atoms with van der Waals surface area (Å²) in [6.45, 7) is 2.09. The lowest BCUT2D eigenvalue weighted by Crippen LogP contribution is -2.68. The first-order valence-electron chi connectivity index (χ1n) is 10.2. The molecule has 2 aromatic carbocycles. The molecule has 34 heavy (non-hydrogen) atoms. The predicted octanol–water partition coefficient (Wildman–Crippen LogP) is -0.0493. The Morgan fingerprint density at radius 3 is 1.94 bits per heavy atom. The van der Waals surface area contributed by atoms with Crippen molar-refractivity contribution < 1.29 is 33.5 Å². The summed E-state index contributed by atoms with van der Waals surface area (Å²) in [6, 6.07) is 13.0. The fourth-order valence-electron chi connectivity index (χ4n) is 3.52. The van der Waals surface area contributed by atoms with Crippen molar-refractivity contribution >= 4 is 39.7 Å². The van der Waals surface area contributed by atoms with Crippen LogP contribution in [0.15, 0.2) is 66.3 Å². The highest BCUT2D eigenvalue weighted by Crippen LogP contribution is 2.35. The lowest BCUT2D eigenvalue weighted by molar-refractivity contribution is -2.00. The summed E-state index contributed by atoms with van der Waals surface area (Å²) in [7, 11) is 3.29. The van der Waals surface area contributed by atoms with Crippen molar-refractivity contribution in [3.05, 3.63) is 83.0 Å². The maximum Gasteiger partial charge on any atom is 0.199 e. The number of hydrogen-bond donors (Lipinski definition) is 0. The van der Waals surface area contributed by atoms with Gasteiger partial charge in [0.1, 0.15) is 25.1 Å². The maximum atomic E-state index is 8.49. The molecule has 4 rings (SSSR count). The number of rotatable bonds is 3. The summed E-state index contributed by atoms with van der Waals surface area (Å²) in [5.74, 6) is 0. The number of aromatic nitrogens is 2. The molecule has 0 atom stereocenters. The van der Waals surface area contributed by atoms with Gasteiger partial charge >= 0.3 is 0 Å². The number of hydrogen-bond acceptors (Lipinski definition) is 8. The van der Waals surface area contributed by atoms with E-state index in [1.807, 2.05) is 0 Å². The first-order chi connectivity index (χ1) is 16.0. The molecule has 0 fully saturated rings. The van der Waals surface area contributed by atoms with E-state index < -0.39 is 10.2 Å². The van der Waals surface area contributed by atoms with Gasteiger partial charge in [-0.2, -0.15) is 8.75 Å². The molecule has 1 aromatic heterocycles. The maximum absolute atomic E-state index is 8.49. The smallest absolute Gasteiger partial charge is 0.199 e. The quantitative estimate of drug-likeness (QED) is 0.462. The summed E-state index contributed by atoms with van der Waals surface area (Å²) in [6.07, 6.45) is 8.70. The van der Waals surface area contributed by atoms with Crippen LogP contribution in [-0.2, 0) is 0 Å². The van der Waals surface area contributed by atoms with Gasteiger partial charge in [-0.05, 0) is 53.5 Å². The Kier molecular flexibility index (Phi) is 7.98. The van der Waals surface area contributed by atoms with Crippen LogP contribution in [0.3, 0.4) is 0 Å². The highest BCUT2D eigenvalue weighted by molar-refractivity contribution is 7.00. The van der Waals surface area contributed by atoms with Crippen molar-refractivity contribution in [3.63, 3.8) is 0 Å². The van der Waals surface area contributed by atoms with E-state index in [-0.39, 0.29) is 0 Å². The lowest BCUT2D eigenvalue weighted by atomic mass is 9.89. The molecule has 0 radical (unpaired) electrons. The summed E-state index contributed by atoms with van der Waals surface area (Å²) >= 11 is 1.28. The molecule has 10 heteroatoms. The van der Waals surface area contributed by atoms with E-state index in [4.69, 9.17) is 18.6 Å². The van der Waals surface area contributed by atoms with E-state index in [0.29, 0.717) is 0 Å². The lowest BCUT2D eigenvalue weighted by Gasteiger charge is -2.17. The van der Waals surface area contributed by atoms with Gasteiger partial charge in [0.2, 0.25) is 0 Å². The van der Waals surface area contributed by atoms with Gasteiger partial charge in [-0.1, -0.05) is 24.3 Å². The van der Waals surface area contributed by atoms with E-state index >= 15 is 0 Å². The predicted molar refractivity (Wildman–Crippen MR) is 124 cm³/mol. The molecule has 1 heterocycles. The molecular formula is C24H25ClN4O4S. The van der Waals surface area contributed by atoms with E-state index in [2.05, 4.69) is 114 Å². The second kappa shape index (κ2) is 10.6. The second-order valence-electron chi connectivity index (χ2n) is 8.03. The normalized spacial score (nSPS) is 13.1. The van der Waals surface area contributed by atoms with Crippen LogP contribution >= 0.6 is 11.7 Å². The monoisotopic (exact) mass is 500 g/mol. The Hall–Kier alpha value is -2.92. The van der Waals surface area contributed by atoms with Crippen molar-refractivity contribution in [2.45, 2.75) is 6.92 Å². The first kappa shape index (κ1) is 25.7. The fourth-order valence-corrected chi connectivity index (χ4v) is 4.14. The third-order valence-electron chi connectivity index (χ3n) is 5.23. The van der Waals surface area contributed by atoms with E-state index in [0.717, 1.165) is 22.2 Å². The van der Waals surface area contributed by atoms with Crippen LogP contribution in [0.1, 0.15) is 16.7 Å².